The predicted molar refractivity (Wildman–Crippen MR) is 72.5 cm³/mol. The lowest BCUT2D eigenvalue weighted by Crippen LogP contribution is -2.18. The smallest absolute Gasteiger partial charge is 0.305 e. The molecule has 0 aliphatic rings. The molecule has 1 aromatic rings. The van der Waals surface area contributed by atoms with Crippen LogP contribution in [0.2, 0.25) is 0 Å². The van der Waals surface area contributed by atoms with E-state index >= 15 is 0 Å². The molecule has 0 unspecified atom stereocenters. The molecule has 0 amide bonds. The van der Waals surface area contributed by atoms with Crippen LogP contribution in [-0.4, -0.2) is 34.6 Å². The third-order valence-corrected chi connectivity index (χ3v) is 3.80. The molecule has 0 bridgehead atoms. The summed E-state index contributed by atoms with van der Waals surface area (Å²) >= 11 is 0. The molecule has 0 fully saturated rings. The van der Waals surface area contributed by atoms with Crippen molar-refractivity contribution in [1.29, 1.82) is 0 Å². The maximum Gasteiger partial charge on any atom is 0.305 e. The van der Waals surface area contributed by atoms with Crippen molar-refractivity contribution in [3.05, 3.63) is 17.9 Å². The summed E-state index contributed by atoms with van der Waals surface area (Å²) in [6.07, 6.45) is 1.01. The monoisotopic (exact) mass is 304 g/mol. The largest absolute Gasteiger partial charge is 0.466 e. The first-order chi connectivity index (χ1) is 9.49. The van der Waals surface area contributed by atoms with Gasteiger partial charge in [0.15, 0.2) is 0 Å². The van der Waals surface area contributed by atoms with Gasteiger partial charge in [-0.1, -0.05) is 0 Å². The van der Waals surface area contributed by atoms with Crippen LogP contribution in [0.25, 0.3) is 0 Å². The minimum atomic E-state index is -3.54. The van der Waals surface area contributed by atoms with E-state index in [9.17, 15) is 13.2 Å². The van der Waals surface area contributed by atoms with E-state index in [1.54, 1.807) is 13.0 Å². The van der Waals surface area contributed by atoms with Gasteiger partial charge in [0.25, 0.3) is 10.0 Å². The number of ether oxygens (including phenoxy) is 1. The Morgan fingerprint density at radius 1 is 1.40 bits per heavy atom. The summed E-state index contributed by atoms with van der Waals surface area (Å²) in [5, 5.41) is 2.96. The highest BCUT2D eigenvalue weighted by Gasteiger charge is 2.15. The Kier molecular flexibility index (Phi) is 6.69. The Bertz CT molecular complexity index is 524. The lowest BCUT2D eigenvalue weighted by Gasteiger charge is -2.03. The first kappa shape index (κ1) is 16.7. The van der Waals surface area contributed by atoms with Gasteiger partial charge < -0.3 is 14.5 Å². The molecule has 20 heavy (non-hydrogen) atoms. The summed E-state index contributed by atoms with van der Waals surface area (Å²) in [4.78, 5) is 11.1. The number of hydrogen-bond donors (Lipinski definition) is 2. The lowest BCUT2D eigenvalue weighted by atomic mass is 10.3. The summed E-state index contributed by atoms with van der Waals surface area (Å²) in [5.74, 6) is 0.310. The maximum atomic E-state index is 11.5. The van der Waals surface area contributed by atoms with Gasteiger partial charge in [0.1, 0.15) is 5.76 Å². The fourth-order valence-electron chi connectivity index (χ4n) is 1.50. The molecule has 1 heterocycles. The molecule has 7 nitrogen and oxygen atoms in total. The van der Waals surface area contributed by atoms with Gasteiger partial charge >= 0.3 is 5.97 Å². The lowest BCUT2D eigenvalue weighted by molar-refractivity contribution is -0.143. The second-order valence-corrected chi connectivity index (χ2v) is 5.83. The minimum Gasteiger partial charge on any atom is -0.466 e. The number of rotatable bonds is 9. The maximum absolute atomic E-state index is 11.5. The molecule has 0 aliphatic heterocycles. The number of sulfonamides is 1. The predicted octanol–water partition coefficient (Wildman–Crippen LogP) is 0.621. The molecule has 0 saturated heterocycles. The van der Waals surface area contributed by atoms with Gasteiger partial charge in [-0.15, -0.1) is 0 Å². The van der Waals surface area contributed by atoms with Crippen molar-refractivity contribution in [3.63, 3.8) is 0 Å². The molecular weight excluding hydrogens is 284 g/mol. The van der Waals surface area contributed by atoms with Crippen LogP contribution in [0.1, 0.15) is 25.5 Å². The molecule has 0 atom stereocenters. The number of carbonyl (C=O) groups is 1. The molecule has 1 rings (SSSR count). The van der Waals surface area contributed by atoms with Crippen LogP contribution in [0.3, 0.4) is 0 Å². The van der Waals surface area contributed by atoms with Crippen molar-refractivity contribution in [2.45, 2.75) is 31.4 Å². The third kappa shape index (κ3) is 5.32. The van der Waals surface area contributed by atoms with E-state index in [4.69, 9.17) is 9.15 Å². The van der Waals surface area contributed by atoms with Crippen LogP contribution < -0.4 is 10.0 Å². The van der Waals surface area contributed by atoms with Crippen LogP contribution in [0.5, 0.6) is 0 Å². The number of carbonyl (C=O) groups excluding carboxylic acids is 1. The van der Waals surface area contributed by atoms with Crippen LogP contribution in [0.4, 0.5) is 0 Å². The molecule has 0 aromatic carbocycles. The highest BCUT2D eigenvalue weighted by Crippen LogP contribution is 2.13. The van der Waals surface area contributed by atoms with Crippen molar-refractivity contribution in [2.24, 2.45) is 0 Å². The Hall–Kier alpha value is -1.38. The average molecular weight is 304 g/mol. The fraction of sp³-hybridized carbons (Fsp3) is 0.583. The summed E-state index contributed by atoms with van der Waals surface area (Å²) in [7, 11) is -2.21. The van der Waals surface area contributed by atoms with E-state index in [1.165, 1.54) is 13.1 Å². The standard InChI is InChI=1S/C12H20N2O5S/c1-3-18-11(15)5-4-8-14-9-10-6-7-12(19-10)20(16,17)13-2/h6-7,13-14H,3-5,8-9H2,1-2H3. The van der Waals surface area contributed by atoms with Crippen LogP contribution in [-0.2, 0) is 26.1 Å². The van der Waals surface area contributed by atoms with E-state index in [2.05, 4.69) is 10.0 Å². The van der Waals surface area contributed by atoms with Gasteiger partial charge in [-0.25, -0.2) is 13.1 Å². The Morgan fingerprint density at radius 2 is 2.15 bits per heavy atom. The van der Waals surface area contributed by atoms with Gasteiger partial charge in [0, 0.05) is 6.42 Å². The van der Waals surface area contributed by atoms with E-state index < -0.39 is 10.0 Å². The van der Waals surface area contributed by atoms with Crippen LogP contribution >= 0.6 is 0 Å². The van der Waals surface area contributed by atoms with Gasteiger partial charge in [-0.2, -0.15) is 0 Å². The van der Waals surface area contributed by atoms with Crippen molar-refractivity contribution < 1.29 is 22.4 Å². The minimum absolute atomic E-state index is 0.108. The summed E-state index contributed by atoms with van der Waals surface area (Å²) in [6.45, 7) is 3.18. The first-order valence-electron chi connectivity index (χ1n) is 6.38. The van der Waals surface area contributed by atoms with E-state index in [-0.39, 0.29) is 11.1 Å². The number of esters is 1. The molecular formula is C12H20N2O5S. The zero-order chi connectivity index (χ0) is 15.0. The molecule has 0 saturated carbocycles. The molecule has 1 aromatic heterocycles. The van der Waals surface area contributed by atoms with Crippen molar-refractivity contribution in [2.75, 3.05) is 20.2 Å². The summed E-state index contributed by atoms with van der Waals surface area (Å²) in [6, 6.07) is 3.00. The summed E-state index contributed by atoms with van der Waals surface area (Å²) in [5.41, 5.74) is 0. The number of hydrogen-bond acceptors (Lipinski definition) is 6. The van der Waals surface area contributed by atoms with E-state index in [1.807, 2.05) is 0 Å². The van der Waals surface area contributed by atoms with Crippen LogP contribution in [0.15, 0.2) is 21.6 Å². The molecule has 8 heteroatoms. The third-order valence-electron chi connectivity index (χ3n) is 2.51. The summed E-state index contributed by atoms with van der Waals surface area (Å²) < 4.78 is 35.1. The molecule has 114 valence electrons. The van der Waals surface area contributed by atoms with Crippen LogP contribution in [0, 0.1) is 0 Å². The SMILES string of the molecule is CCOC(=O)CCCNCc1ccc(S(=O)(=O)NC)o1. The second kappa shape index (κ2) is 8.03. The normalized spacial score (nSPS) is 11.5. The highest BCUT2D eigenvalue weighted by molar-refractivity contribution is 7.89. The van der Waals surface area contributed by atoms with E-state index in [0.717, 1.165) is 0 Å². The van der Waals surface area contributed by atoms with Gasteiger partial charge in [-0.05, 0) is 39.1 Å². The second-order valence-electron chi connectivity index (χ2n) is 4.01. The molecule has 0 spiro atoms. The van der Waals surface area contributed by atoms with Crippen molar-refractivity contribution >= 4 is 16.0 Å². The highest BCUT2D eigenvalue weighted by atomic mass is 32.2. The van der Waals surface area contributed by atoms with Crippen molar-refractivity contribution in [1.82, 2.24) is 10.0 Å². The molecule has 0 radical (unpaired) electrons. The topological polar surface area (TPSA) is 97.6 Å². The van der Waals surface area contributed by atoms with Gasteiger partial charge in [0.2, 0.25) is 5.09 Å². The Balaban J connectivity index is 2.28. The Morgan fingerprint density at radius 3 is 2.80 bits per heavy atom. The van der Waals surface area contributed by atoms with E-state index in [0.29, 0.717) is 38.3 Å². The zero-order valence-corrected chi connectivity index (χ0v) is 12.5. The quantitative estimate of drug-likeness (QED) is 0.513. The van der Waals surface area contributed by atoms with Gasteiger partial charge in [-0.3, -0.25) is 4.79 Å². The number of nitrogens with one attached hydrogen (secondary N) is 2. The zero-order valence-electron chi connectivity index (χ0n) is 11.6. The molecule has 2 N–H and O–H groups in total. The van der Waals surface area contributed by atoms with Crippen molar-refractivity contribution in [3.8, 4) is 0 Å². The average Bonchev–Trinajstić information content (AvgIpc) is 2.88. The fourth-order valence-corrected chi connectivity index (χ4v) is 2.17. The van der Waals surface area contributed by atoms with Gasteiger partial charge in [0.05, 0.1) is 13.2 Å². The molecule has 0 aliphatic carbocycles. The number of furan rings is 1. The first-order valence-corrected chi connectivity index (χ1v) is 7.86. The Labute approximate surface area is 118 Å².